The third kappa shape index (κ3) is 6.14. The number of hydrogen-bond donors (Lipinski definition) is 4. The number of carbonyl (C=O) groups is 4. The van der Waals surface area contributed by atoms with Crippen molar-refractivity contribution in [3.8, 4) is 16.9 Å². The minimum Gasteiger partial charge on any atom is -0.508 e. The summed E-state index contributed by atoms with van der Waals surface area (Å²) in [6.07, 6.45) is 0. The number of rotatable bonds is 7. The second-order valence-corrected chi connectivity index (χ2v) is 9.17. The van der Waals surface area contributed by atoms with Gasteiger partial charge in [0.2, 0.25) is 5.00 Å². The number of carbonyl (C=O) groups excluding carboxylic acids is 3. The second kappa shape index (κ2) is 11.5. The van der Waals surface area contributed by atoms with E-state index in [1.807, 2.05) is 0 Å². The predicted molar refractivity (Wildman–Crippen MR) is 139 cm³/mol. The summed E-state index contributed by atoms with van der Waals surface area (Å²) in [4.78, 5) is 48.5. The van der Waals surface area contributed by atoms with E-state index in [9.17, 15) is 29.4 Å². The number of nitrogens with one attached hydrogen (secondary N) is 2. The molecule has 3 rings (SSSR count). The number of phenols is 1. The van der Waals surface area contributed by atoms with Crippen molar-refractivity contribution in [1.82, 2.24) is 15.5 Å². The molecule has 4 N–H and O–H groups in total. The highest BCUT2D eigenvalue weighted by atomic mass is 35.5. The van der Waals surface area contributed by atoms with Gasteiger partial charge < -0.3 is 20.8 Å². The van der Waals surface area contributed by atoms with Crippen molar-refractivity contribution in [2.24, 2.45) is 0 Å². The van der Waals surface area contributed by atoms with E-state index < -0.39 is 35.4 Å². The molecular formula is C25H20Cl3N3O6. The standard InChI is InChI=1S/C25H20Cl3N3O6/c1-29-24(37)31(25(28,23(35)36)13-30-21(33)16-5-2-6-17(26)10-16)22(34)19-9-8-15(12-20(19)27)14-4-3-7-18(32)11-14/h2-12,32H,13H2,1H3,(H,29,37)(H,30,33)(H,35,36)/t25-/m0/s1. The van der Waals surface area contributed by atoms with E-state index in [1.165, 1.54) is 55.6 Å². The summed E-state index contributed by atoms with van der Waals surface area (Å²) in [6, 6.07) is 15.2. The lowest BCUT2D eigenvalue weighted by molar-refractivity contribution is -0.143. The maximum absolute atomic E-state index is 13.4. The first-order valence-electron chi connectivity index (χ1n) is 10.6. The lowest BCUT2D eigenvalue weighted by Crippen LogP contribution is -2.62. The predicted octanol–water partition coefficient (Wildman–Crippen LogP) is 4.60. The number of carboxylic acids is 1. The molecule has 0 aromatic heterocycles. The summed E-state index contributed by atoms with van der Waals surface area (Å²) in [7, 11) is 1.18. The first-order chi connectivity index (χ1) is 17.5. The van der Waals surface area contributed by atoms with Gasteiger partial charge in [-0.25, -0.2) is 14.5 Å². The van der Waals surface area contributed by atoms with Gasteiger partial charge in [-0.15, -0.1) is 0 Å². The largest absolute Gasteiger partial charge is 0.508 e. The molecule has 0 fully saturated rings. The molecule has 12 heteroatoms. The zero-order chi connectivity index (χ0) is 27.3. The van der Waals surface area contributed by atoms with Gasteiger partial charge in [0.1, 0.15) is 5.75 Å². The molecule has 1 atom stereocenters. The quantitative estimate of drug-likeness (QED) is 0.245. The lowest BCUT2D eigenvalue weighted by Gasteiger charge is -2.34. The van der Waals surface area contributed by atoms with Crippen molar-refractivity contribution in [2.45, 2.75) is 5.00 Å². The van der Waals surface area contributed by atoms with Crippen LogP contribution in [0, 0.1) is 0 Å². The Bertz CT molecular complexity index is 1380. The second-order valence-electron chi connectivity index (χ2n) is 7.70. The number of aromatic hydroxyl groups is 1. The van der Waals surface area contributed by atoms with Crippen LogP contribution in [-0.2, 0) is 4.79 Å². The van der Waals surface area contributed by atoms with Crippen molar-refractivity contribution in [2.75, 3.05) is 13.6 Å². The molecule has 0 aliphatic heterocycles. The van der Waals surface area contributed by atoms with Gasteiger partial charge in [-0.2, -0.15) is 0 Å². The number of hydrogen-bond acceptors (Lipinski definition) is 5. The number of alkyl halides is 1. The van der Waals surface area contributed by atoms with Gasteiger partial charge in [0.15, 0.2) is 0 Å². The SMILES string of the molecule is CNC(=O)N(C(=O)c1ccc(-c2cccc(O)c2)cc1Cl)[C@@](Cl)(CNC(=O)c1cccc(Cl)c1)C(=O)O. The van der Waals surface area contributed by atoms with Crippen LogP contribution in [0.2, 0.25) is 10.0 Å². The molecule has 0 unspecified atom stereocenters. The van der Waals surface area contributed by atoms with Crippen molar-refractivity contribution >= 4 is 58.6 Å². The number of carboxylic acid groups (broad SMARTS) is 1. The number of amides is 4. The summed E-state index contributed by atoms with van der Waals surface area (Å²) in [5.74, 6) is -3.61. The molecule has 3 aromatic rings. The fraction of sp³-hybridized carbons (Fsp3) is 0.120. The highest BCUT2D eigenvalue weighted by Crippen LogP contribution is 2.31. The fourth-order valence-electron chi connectivity index (χ4n) is 3.38. The number of imide groups is 1. The molecule has 37 heavy (non-hydrogen) atoms. The van der Waals surface area contributed by atoms with Gasteiger partial charge in [-0.1, -0.05) is 59.1 Å². The van der Waals surface area contributed by atoms with E-state index >= 15 is 0 Å². The van der Waals surface area contributed by atoms with Gasteiger partial charge >= 0.3 is 12.0 Å². The Hall–Kier alpha value is -3.79. The third-order valence-electron chi connectivity index (χ3n) is 5.25. The molecule has 0 aliphatic rings. The third-order valence-corrected chi connectivity index (χ3v) is 6.26. The van der Waals surface area contributed by atoms with Crippen molar-refractivity contribution in [3.05, 3.63) is 87.9 Å². The molecule has 192 valence electrons. The van der Waals surface area contributed by atoms with Crippen molar-refractivity contribution in [1.29, 1.82) is 0 Å². The molecule has 0 bridgehead atoms. The smallest absolute Gasteiger partial charge is 0.347 e. The molecule has 3 aromatic carbocycles. The zero-order valence-corrected chi connectivity index (χ0v) is 21.4. The fourth-order valence-corrected chi connectivity index (χ4v) is 4.05. The molecule has 9 nitrogen and oxygen atoms in total. The minimum atomic E-state index is -2.72. The Kier molecular flexibility index (Phi) is 8.65. The molecule has 0 aliphatic carbocycles. The van der Waals surface area contributed by atoms with E-state index in [0.717, 1.165) is 0 Å². The maximum Gasteiger partial charge on any atom is 0.347 e. The molecule has 0 saturated heterocycles. The summed E-state index contributed by atoms with van der Waals surface area (Å²) in [5, 5.41) is 24.3. The van der Waals surface area contributed by atoms with E-state index in [0.29, 0.717) is 11.1 Å². The van der Waals surface area contributed by atoms with Crippen LogP contribution in [0.1, 0.15) is 20.7 Å². The van der Waals surface area contributed by atoms with Crippen LogP contribution in [0.15, 0.2) is 66.7 Å². The van der Waals surface area contributed by atoms with Crippen LogP contribution in [0.4, 0.5) is 4.79 Å². The average molecular weight is 565 g/mol. The Balaban J connectivity index is 1.95. The van der Waals surface area contributed by atoms with Crippen LogP contribution in [0.5, 0.6) is 5.75 Å². The molecule has 4 amide bonds. The van der Waals surface area contributed by atoms with Crippen LogP contribution in [-0.4, -0.2) is 57.5 Å². The van der Waals surface area contributed by atoms with Crippen LogP contribution >= 0.6 is 34.8 Å². The van der Waals surface area contributed by atoms with Gasteiger partial charge in [0.25, 0.3) is 11.8 Å². The molecule has 0 heterocycles. The van der Waals surface area contributed by atoms with Gasteiger partial charge in [0.05, 0.1) is 17.1 Å². The monoisotopic (exact) mass is 563 g/mol. The first kappa shape index (κ1) is 27.8. The minimum absolute atomic E-state index is 0.0211. The van der Waals surface area contributed by atoms with Crippen molar-refractivity contribution < 1.29 is 29.4 Å². The summed E-state index contributed by atoms with van der Waals surface area (Å²) in [6.45, 7) is -0.840. The molecule has 0 radical (unpaired) electrons. The number of urea groups is 1. The van der Waals surface area contributed by atoms with Gasteiger partial charge in [-0.3, -0.25) is 9.59 Å². The van der Waals surface area contributed by atoms with Crippen LogP contribution < -0.4 is 10.6 Å². The number of nitrogens with zero attached hydrogens (tertiary/aromatic N) is 1. The Morgan fingerprint density at radius 1 is 0.946 bits per heavy atom. The topological polar surface area (TPSA) is 136 Å². The Morgan fingerprint density at radius 2 is 1.62 bits per heavy atom. The number of benzene rings is 3. The van der Waals surface area contributed by atoms with E-state index in [4.69, 9.17) is 34.8 Å². The van der Waals surface area contributed by atoms with Crippen LogP contribution in [0.25, 0.3) is 11.1 Å². The molecule has 0 spiro atoms. The van der Waals surface area contributed by atoms with Gasteiger partial charge in [-0.05, 0) is 53.6 Å². The summed E-state index contributed by atoms with van der Waals surface area (Å²) in [5.41, 5.74) is 1.04. The first-order valence-corrected chi connectivity index (χ1v) is 11.7. The van der Waals surface area contributed by atoms with Crippen LogP contribution in [0.3, 0.4) is 0 Å². The van der Waals surface area contributed by atoms with E-state index in [-0.39, 0.29) is 31.8 Å². The maximum atomic E-state index is 13.4. The highest BCUT2D eigenvalue weighted by molar-refractivity contribution is 6.38. The van der Waals surface area contributed by atoms with E-state index in [2.05, 4.69) is 10.6 Å². The number of aliphatic carboxylic acids is 1. The Morgan fingerprint density at radius 3 is 2.22 bits per heavy atom. The normalized spacial score (nSPS) is 12.2. The molecular weight excluding hydrogens is 545 g/mol. The Labute approximate surface area is 226 Å². The number of halogens is 3. The molecule has 0 saturated carbocycles. The zero-order valence-electron chi connectivity index (χ0n) is 19.2. The highest BCUT2D eigenvalue weighted by Gasteiger charge is 2.49. The summed E-state index contributed by atoms with van der Waals surface area (Å²) >= 11 is 18.6. The average Bonchev–Trinajstić information content (AvgIpc) is 2.86. The van der Waals surface area contributed by atoms with Crippen molar-refractivity contribution in [3.63, 3.8) is 0 Å². The van der Waals surface area contributed by atoms with Gasteiger partial charge in [0, 0.05) is 17.6 Å². The lowest BCUT2D eigenvalue weighted by atomic mass is 10.0. The number of phenolic OH excluding ortho intramolecular Hbond substituents is 1. The van der Waals surface area contributed by atoms with E-state index in [1.54, 1.807) is 18.2 Å². The summed E-state index contributed by atoms with van der Waals surface area (Å²) < 4.78 is 0.